The molecule has 0 aromatic heterocycles. The van der Waals surface area contributed by atoms with E-state index in [0.29, 0.717) is 0 Å². The maximum atomic E-state index is 13.4. The van der Waals surface area contributed by atoms with E-state index < -0.39 is 42.1 Å². The summed E-state index contributed by atoms with van der Waals surface area (Å²) in [6.45, 7) is -0.186. The van der Waals surface area contributed by atoms with Gasteiger partial charge in [-0.2, -0.15) is 0 Å². The highest BCUT2D eigenvalue weighted by molar-refractivity contribution is 5.89. The molecule has 7 nitrogen and oxygen atoms in total. The van der Waals surface area contributed by atoms with Gasteiger partial charge in [-0.15, -0.1) is 0 Å². The number of amides is 2. The summed E-state index contributed by atoms with van der Waals surface area (Å²) in [4.78, 5) is 36.2. The molecule has 3 N–H and O–H groups in total. The minimum atomic E-state index is -1.42. The first-order valence-electron chi connectivity index (χ1n) is 10.9. The second-order valence-electron chi connectivity index (χ2n) is 8.09. The Labute approximate surface area is 199 Å². The van der Waals surface area contributed by atoms with Gasteiger partial charge in [0, 0.05) is 12.5 Å². The zero-order valence-electron chi connectivity index (χ0n) is 18.5. The molecule has 1 atom stereocenters. The Morgan fingerprint density at radius 2 is 1.54 bits per heavy atom. The van der Waals surface area contributed by atoms with Crippen LogP contribution in [0.4, 0.5) is 13.6 Å². The number of fused-ring (bicyclic) bond motifs is 3. The summed E-state index contributed by atoms with van der Waals surface area (Å²) in [6.07, 6.45) is -1.63. The third-order valence-electron chi connectivity index (χ3n) is 5.78. The Morgan fingerprint density at radius 3 is 2.14 bits per heavy atom. The summed E-state index contributed by atoms with van der Waals surface area (Å²) < 4.78 is 31.8. The van der Waals surface area contributed by atoms with Crippen LogP contribution in [0.15, 0.2) is 66.7 Å². The van der Waals surface area contributed by atoms with Crippen molar-refractivity contribution in [2.75, 3.05) is 6.61 Å². The van der Waals surface area contributed by atoms with Crippen LogP contribution in [0, 0.1) is 11.6 Å². The van der Waals surface area contributed by atoms with Crippen molar-refractivity contribution in [2.45, 2.75) is 24.9 Å². The minimum Gasteiger partial charge on any atom is -0.481 e. The Bertz CT molecular complexity index is 1230. The van der Waals surface area contributed by atoms with Crippen molar-refractivity contribution in [2.24, 2.45) is 0 Å². The topological polar surface area (TPSA) is 105 Å². The first kappa shape index (κ1) is 23.9. The van der Waals surface area contributed by atoms with Gasteiger partial charge in [0.1, 0.15) is 12.6 Å². The average Bonchev–Trinajstić information content (AvgIpc) is 3.16. The first-order valence-corrected chi connectivity index (χ1v) is 10.9. The number of carbonyl (C=O) groups excluding carboxylic acids is 2. The van der Waals surface area contributed by atoms with Gasteiger partial charge in [-0.25, -0.2) is 13.6 Å². The smallest absolute Gasteiger partial charge is 0.407 e. The van der Waals surface area contributed by atoms with E-state index in [1.165, 1.54) is 6.07 Å². The highest BCUT2D eigenvalue weighted by Crippen LogP contribution is 2.44. The van der Waals surface area contributed by atoms with Crippen molar-refractivity contribution >= 4 is 18.0 Å². The van der Waals surface area contributed by atoms with Gasteiger partial charge in [-0.05, 0) is 39.9 Å². The lowest BCUT2D eigenvalue weighted by Gasteiger charge is -2.19. The predicted octanol–water partition coefficient (Wildman–Crippen LogP) is 3.96. The molecule has 0 radical (unpaired) electrons. The maximum Gasteiger partial charge on any atom is 0.407 e. The molecule has 0 aliphatic heterocycles. The molecule has 2 amide bonds. The predicted molar refractivity (Wildman–Crippen MR) is 122 cm³/mol. The third-order valence-corrected chi connectivity index (χ3v) is 5.78. The van der Waals surface area contributed by atoms with E-state index in [2.05, 4.69) is 10.6 Å². The van der Waals surface area contributed by atoms with Crippen LogP contribution < -0.4 is 10.6 Å². The van der Waals surface area contributed by atoms with Crippen molar-refractivity contribution < 1.29 is 33.0 Å². The Morgan fingerprint density at radius 1 is 0.914 bits per heavy atom. The van der Waals surface area contributed by atoms with Gasteiger partial charge in [0.05, 0.1) is 6.42 Å². The summed E-state index contributed by atoms with van der Waals surface area (Å²) >= 11 is 0. The molecule has 0 heterocycles. The van der Waals surface area contributed by atoms with Gasteiger partial charge in [0.25, 0.3) is 0 Å². The van der Waals surface area contributed by atoms with Gasteiger partial charge < -0.3 is 20.5 Å². The molecule has 180 valence electrons. The molecule has 3 aromatic carbocycles. The molecule has 0 spiro atoms. The molecule has 9 heteroatoms. The van der Waals surface area contributed by atoms with Crippen LogP contribution in [0.25, 0.3) is 11.1 Å². The number of nitrogens with one attached hydrogen (secondary N) is 2. The molecular weight excluding hydrogens is 458 g/mol. The third kappa shape index (κ3) is 5.46. The van der Waals surface area contributed by atoms with E-state index in [9.17, 15) is 23.2 Å². The van der Waals surface area contributed by atoms with Crippen molar-refractivity contribution in [3.05, 3.63) is 95.1 Å². The van der Waals surface area contributed by atoms with Crippen LogP contribution in [0.1, 0.15) is 29.0 Å². The van der Waals surface area contributed by atoms with Crippen LogP contribution >= 0.6 is 0 Å². The van der Waals surface area contributed by atoms with E-state index in [1.807, 2.05) is 48.5 Å². The number of hydrogen-bond donors (Lipinski definition) is 3. The standard InChI is InChI=1S/C26H22F2N2O5/c27-21-10-9-15(11-22(21)28)13-29-25(33)23(12-24(31)32)30-26(34)35-14-20-18-7-3-1-5-16(18)17-6-2-4-8-19(17)20/h1-11,20,23H,12-14H2,(H,29,33)(H,30,34)(H,31,32). The monoisotopic (exact) mass is 480 g/mol. The fourth-order valence-corrected chi connectivity index (χ4v) is 4.13. The second-order valence-corrected chi connectivity index (χ2v) is 8.09. The first-order chi connectivity index (χ1) is 16.8. The van der Waals surface area contributed by atoms with Crippen LogP contribution in [0.2, 0.25) is 0 Å². The van der Waals surface area contributed by atoms with Crippen LogP contribution in [0.3, 0.4) is 0 Å². The molecule has 0 bridgehead atoms. The summed E-state index contributed by atoms with van der Waals surface area (Å²) in [5, 5.41) is 13.9. The lowest BCUT2D eigenvalue weighted by molar-refractivity contribution is -0.139. The van der Waals surface area contributed by atoms with Crippen LogP contribution in [-0.4, -0.2) is 35.7 Å². The molecule has 1 aliphatic rings. The zero-order chi connectivity index (χ0) is 24.9. The fourth-order valence-electron chi connectivity index (χ4n) is 4.13. The minimum absolute atomic E-state index is 0.00384. The number of carboxylic acid groups (broad SMARTS) is 1. The molecule has 0 fully saturated rings. The number of hydrogen-bond acceptors (Lipinski definition) is 4. The van der Waals surface area contributed by atoms with Crippen LogP contribution in [0.5, 0.6) is 0 Å². The van der Waals surface area contributed by atoms with Crippen molar-refractivity contribution in [3.63, 3.8) is 0 Å². The van der Waals surface area contributed by atoms with Gasteiger partial charge in [-0.3, -0.25) is 9.59 Å². The molecule has 0 saturated heterocycles. The van der Waals surface area contributed by atoms with Crippen LogP contribution in [-0.2, 0) is 20.9 Å². The lowest BCUT2D eigenvalue weighted by atomic mass is 9.98. The van der Waals surface area contributed by atoms with Crippen molar-refractivity contribution in [3.8, 4) is 11.1 Å². The number of rotatable bonds is 8. The normalized spacial score (nSPS) is 12.9. The van der Waals surface area contributed by atoms with E-state index in [-0.39, 0.29) is 24.6 Å². The number of benzene rings is 3. The van der Waals surface area contributed by atoms with Gasteiger partial charge >= 0.3 is 12.1 Å². The van der Waals surface area contributed by atoms with E-state index in [0.717, 1.165) is 34.4 Å². The number of aliphatic carboxylic acids is 1. The van der Waals surface area contributed by atoms with Gasteiger partial charge in [0.15, 0.2) is 11.6 Å². The van der Waals surface area contributed by atoms with Crippen molar-refractivity contribution in [1.29, 1.82) is 0 Å². The number of halogens is 2. The summed E-state index contributed by atoms with van der Waals surface area (Å²) in [5.74, 6) is -4.41. The molecule has 35 heavy (non-hydrogen) atoms. The average molecular weight is 480 g/mol. The highest BCUT2D eigenvalue weighted by Gasteiger charge is 2.30. The molecular formula is C26H22F2N2O5. The number of alkyl carbamates (subject to hydrolysis) is 1. The summed E-state index contributed by atoms with van der Waals surface area (Å²) in [5.41, 5.74) is 4.39. The molecule has 4 rings (SSSR count). The maximum absolute atomic E-state index is 13.4. The van der Waals surface area contributed by atoms with Gasteiger partial charge in [0.2, 0.25) is 5.91 Å². The van der Waals surface area contributed by atoms with E-state index >= 15 is 0 Å². The number of ether oxygens (including phenoxy) is 1. The highest BCUT2D eigenvalue weighted by atomic mass is 19.2. The van der Waals surface area contributed by atoms with E-state index in [1.54, 1.807) is 0 Å². The second kappa shape index (κ2) is 10.3. The summed E-state index contributed by atoms with van der Waals surface area (Å²) in [6, 6.07) is 17.3. The van der Waals surface area contributed by atoms with Gasteiger partial charge in [-0.1, -0.05) is 54.6 Å². The lowest BCUT2D eigenvalue weighted by Crippen LogP contribution is -2.48. The molecule has 1 unspecified atom stereocenters. The molecule has 1 aliphatic carbocycles. The quantitative estimate of drug-likeness (QED) is 0.453. The number of carboxylic acids is 1. The Hall–Kier alpha value is -4.27. The Balaban J connectivity index is 1.38. The number of carbonyl (C=O) groups is 3. The van der Waals surface area contributed by atoms with E-state index in [4.69, 9.17) is 9.84 Å². The fraction of sp³-hybridized carbons (Fsp3) is 0.192. The van der Waals surface area contributed by atoms with Crippen molar-refractivity contribution in [1.82, 2.24) is 10.6 Å². The zero-order valence-corrected chi connectivity index (χ0v) is 18.5. The SMILES string of the molecule is O=C(O)CC(NC(=O)OCC1c2ccccc2-c2ccccc21)C(=O)NCc1ccc(F)c(F)c1. The largest absolute Gasteiger partial charge is 0.481 e. The molecule has 3 aromatic rings. The Kier molecular flexibility index (Phi) is 7.05. The molecule has 0 saturated carbocycles. The summed E-state index contributed by atoms with van der Waals surface area (Å²) in [7, 11) is 0.